The van der Waals surface area contributed by atoms with Crippen molar-refractivity contribution in [2.24, 2.45) is 5.73 Å². The lowest BCUT2D eigenvalue weighted by atomic mass is 10.1. The molecular formula is C25H19F2N7O5. The van der Waals surface area contributed by atoms with Crippen LogP contribution in [0.25, 0.3) is 5.65 Å². The molecule has 4 aromatic rings. The van der Waals surface area contributed by atoms with E-state index in [2.05, 4.69) is 26.0 Å². The number of fused-ring (bicyclic) bond motifs is 2. The highest BCUT2D eigenvalue weighted by molar-refractivity contribution is 5.99. The minimum absolute atomic E-state index is 0.0264. The Balaban J connectivity index is 1.35. The summed E-state index contributed by atoms with van der Waals surface area (Å²) >= 11 is 0. The lowest BCUT2D eigenvalue weighted by Crippen LogP contribution is -2.29. The van der Waals surface area contributed by atoms with Crippen molar-refractivity contribution in [1.82, 2.24) is 25.2 Å². The fourth-order valence-electron chi connectivity index (χ4n) is 3.93. The van der Waals surface area contributed by atoms with Crippen LogP contribution >= 0.6 is 0 Å². The maximum atomic E-state index is 14.4. The molecule has 5 N–H and O–H groups in total. The van der Waals surface area contributed by atoms with Gasteiger partial charge in [0.2, 0.25) is 5.91 Å². The van der Waals surface area contributed by atoms with Crippen molar-refractivity contribution < 1.29 is 32.7 Å². The molecule has 4 amide bonds. The van der Waals surface area contributed by atoms with Gasteiger partial charge in [-0.1, -0.05) is 12.1 Å². The first kappa shape index (κ1) is 25.3. The number of carbonyl (C=O) groups excluding carboxylic acids is 4. The number of nitrogens with two attached hydrogens (primary N) is 1. The van der Waals surface area contributed by atoms with Crippen LogP contribution in [0.4, 0.5) is 14.5 Å². The lowest BCUT2D eigenvalue weighted by molar-refractivity contribution is -0.118. The van der Waals surface area contributed by atoms with Gasteiger partial charge < -0.3 is 26.4 Å². The molecular weight excluding hydrogens is 516 g/mol. The van der Waals surface area contributed by atoms with E-state index in [1.165, 1.54) is 6.07 Å². The fraction of sp³-hybridized carbons (Fsp3) is 0.120. The summed E-state index contributed by atoms with van der Waals surface area (Å²) in [4.78, 5) is 53.1. The Morgan fingerprint density at radius 3 is 2.64 bits per heavy atom. The molecule has 0 aliphatic carbocycles. The van der Waals surface area contributed by atoms with Crippen molar-refractivity contribution in [3.05, 3.63) is 88.4 Å². The Morgan fingerprint density at radius 1 is 1.05 bits per heavy atom. The molecule has 2 aromatic heterocycles. The van der Waals surface area contributed by atoms with E-state index in [0.717, 1.165) is 28.9 Å². The molecule has 3 heterocycles. The Morgan fingerprint density at radius 2 is 1.85 bits per heavy atom. The second kappa shape index (κ2) is 10.2. The fourth-order valence-corrected chi connectivity index (χ4v) is 3.93. The predicted molar refractivity (Wildman–Crippen MR) is 131 cm³/mol. The first-order valence-corrected chi connectivity index (χ1v) is 11.4. The van der Waals surface area contributed by atoms with Crippen LogP contribution in [0.15, 0.2) is 48.7 Å². The van der Waals surface area contributed by atoms with Crippen LogP contribution in [-0.2, 0) is 17.9 Å². The topological polar surface area (TPSA) is 170 Å². The van der Waals surface area contributed by atoms with Crippen LogP contribution in [0.5, 0.6) is 5.75 Å². The Kier molecular flexibility index (Phi) is 6.58. The van der Waals surface area contributed by atoms with Crippen molar-refractivity contribution in [3.63, 3.8) is 0 Å². The maximum absolute atomic E-state index is 14.4. The van der Waals surface area contributed by atoms with Gasteiger partial charge in [-0.05, 0) is 35.4 Å². The minimum atomic E-state index is -0.882. The third-order valence-corrected chi connectivity index (χ3v) is 5.80. The molecule has 0 saturated carbocycles. The van der Waals surface area contributed by atoms with Crippen molar-refractivity contribution >= 4 is 35.0 Å². The predicted octanol–water partition coefficient (Wildman–Crippen LogP) is 1.30. The van der Waals surface area contributed by atoms with Gasteiger partial charge in [-0.15, -0.1) is 0 Å². The lowest BCUT2D eigenvalue weighted by Gasteiger charge is -2.18. The number of ether oxygens (including phenoxy) is 1. The number of nitrogens with one attached hydrogen (secondary N) is 3. The minimum Gasteiger partial charge on any atom is -0.482 e. The summed E-state index contributed by atoms with van der Waals surface area (Å²) in [7, 11) is 0. The first-order chi connectivity index (χ1) is 18.7. The molecule has 1 aliphatic heterocycles. The number of halogens is 2. The van der Waals surface area contributed by atoms with Gasteiger partial charge in [0, 0.05) is 24.7 Å². The molecule has 14 heteroatoms. The van der Waals surface area contributed by atoms with Gasteiger partial charge in [0.15, 0.2) is 18.1 Å². The Hall–Kier alpha value is -5.40. The third kappa shape index (κ3) is 5.20. The zero-order chi connectivity index (χ0) is 27.7. The van der Waals surface area contributed by atoms with Crippen molar-refractivity contribution in [1.29, 1.82) is 0 Å². The number of benzene rings is 2. The van der Waals surface area contributed by atoms with Crippen LogP contribution in [-0.4, -0.2) is 44.8 Å². The normalized spacial score (nSPS) is 12.3. The molecule has 198 valence electrons. The average Bonchev–Trinajstić information content (AvgIpc) is 3.30. The molecule has 39 heavy (non-hydrogen) atoms. The number of anilines is 1. The number of carbonyl (C=O) groups is 4. The first-order valence-electron chi connectivity index (χ1n) is 11.4. The highest BCUT2D eigenvalue weighted by Gasteiger charge is 2.21. The van der Waals surface area contributed by atoms with E-state index < -0.39 is 29.4 Å². The summed E-state index contributed by atoms with van der Waals surface area (Å²) in [6.07, 6.45) is 0.843. The molecule has 0 spiro atoms. The third-order valence-electron chi connectivity index (χ3n) is 5.80. The van der Waals surface area contributed by atoms with Gasteiger partial charge in [0.05, 0.1) is 11.9 Å². The van der Waals surface area contributed by atoms with E-state index in [1.807, 2.05) is 0 Å². The van der Waals surface area contributed by atoms with Crippen LogP contribution in [0.2, 0.25) is 0 Å². The number of amides is 4. The van der Waals surface area contributed by atoms with Crippen LogP contribution in [0.1, 0.15) is 42.5 Å². The van der Waals surface area contributed by atoms with Gasteiger partial charge in [-0.25, -0.2) is 18.3 Å². The van der Waals surface area contributed by atoms with Gasteiger partial charge >= 0.3 is 0 Å². The molecule has 12 nitrogen and oxygen atoms in total. The van der Waals surface area contributed by atoms with Crippen molar-refractivity contribution in [2.45, 2.75) is 13.1 Å². The second-order valence-corrected chi connectivity index (χ2v) is 8.45. The number of nitrogens with zero attached hydrogens (tertiary/aromatic N) is 3. The standard InChI is InChI=1S/C25H19F2N7O5/c26-14-3-2-13(15(6-14)22(28)36)9-30-25(38)19-7-18(33-23-16(27)10-31-34(19)23)24(37)29-8-12-1-4-20-17(5-12)32-21(35)11-39-20/h1-7,10H,8-9,11H2,(H2,28,36)(H,29,37)(H,30,38)(H,32,35). The summed E-state index contributed by atoms with van der Waals surface area (Å²) in [5, 5.41) is 11.6. The van der Waals surface area contributed by atoms with E-state index in [9.17, 15) is 28.0 Å². The SMILES string of the molecule is NC(=O)c1cc(F)ccc1CNC(=O)c1cc(C(=O)NCc2ccc3c(c2)NC(=O)CO3)nc2c(F)cnn12. The van der Waals surface area contributed by atoms with Crippen molar-refractivity contribution in [3.8, 4) is 5.75 Å². The van der Waals surface area contributed by atoms with E-state index >= 15 is 0 Å². The Bertz CT molecular complexity index is 1670. The van der Waals surface area contributed by atoms with Gasteiger partial charge in [-0.3, -0.25) is 19.2 Å². The summed E-state index contributed by atoms with van der Waals surface area (Å²) < 4.78 is 34.1. The maximum Gasteiger partial charge on any atom is 0.270 e. The molecule has 1 aliphatic rings. The summed E-state index contributed by atoms with van der Waals surface area (Å²) in [5.74, 6) is -3.71. The molecule has 2 aromatic carbocycles. The monoisotopic (exact) mass is 535 g/mol. The van der Waals surface area contributed by atoms with Crippen LogP contribution in [0, 0.1) is 11.6 Å². The summed E-state index contributed by atoms with van der Waals surface area (Å²) in [5.41, 5.74) is 5.67. The molecule has 0 saturated heterocycles. The van der Waals surface area contributed by atoms with Gasteiger partial charge in [0.1, 0.15) is 23.0 Å². The molecule has 0 fully saturated rings. The molecule has 0 unspecified atom stereocenters. The van der Waals surface area contributed by atoms with E-state index in [-0.39, 0.29) is 53.8 Å². The number of hydrogen-bond donors (Lipinski definition) is 4. The zero-order valence-corrected chi connectivity index (χ0v) is 20.0. The summed E-state index contributed by atoms with van der Waals surface area (Å²) in [6.45, 7) is -0.280. The van der Waals surface area contributed by atoms with Crippen LogP contribution in [0.3, 0.4) is 0 Å². The largest absolute Gasteiger partial charge is 0.482 e. The number of primary amides is 1. The van der Waals surface area contributed by atoms with E-state index in [1.54, 1.807) is 18.2 Å². The molecule has 0 radical (unpaired) electrons. The quantitative estimate of drug-likeness (QED) is 0.276. The summed E-state index contributed by atoms with van der Waals surface area (Å²) in [6, 6.07) is 9.45. The highest BCUT2D eigenvalue weighted by atomic mass is 19.1. The molecule has 0 bridgehead atoms. The number of hydrogen-bond acceptors (Lipinski definition) is 7. The van der Waals surface area contributed by atoms with E-state index in [0.29, 0.717) is 17.0 Å². The van der Waals surface area contributed by atoms with Crippen molar-refractivity contribution in [2.75, 3.05) is 11.9 Å². The van der Waals surface area contributed by atoms with Gasteiger partial charge in [0.25, 0.3) is 17.7 Å². The number of rotatable bonds is 7. The smallest absolute Gasteiger partial charge is 0.270 e. The molecule has 5 rings (SSSR count). The second-order valence-electron chi connectivity index (χ2n) is 8.45. The average molecular weight is 535 g/mol. The zero-order valence-electron chi connectivity index (χ0n) is 20.0. The van der Waals surface area contributed by atoms with Crippen LogP contribution < -0.4 is 26.4 Å². The molecule has 0 atom stereocenters. The number of aromatic nitrogens is 3. The Labute approximate surface area is 218 Å². The highest BCUT2D eigenvalue weighted by Crippen LogP contribution is 2.28. The van der Waals surface area contributed by atoms with Gasteiger partial charge in [-0.2, -0.15) is 5.10 Å². The van der Waals surface area contributed by atoms with E-state index in [4.69, 9.17) is 10.5 Å².